The monoisotopic (exact) mass is 397 g/mol. The smallest absolute Gasteiger partial charge is 0.189 e. The lowest BCUT2D eigenvalue weighted by molar-refractivity contribution is 0.0434. The molecule has 1 atom stereocenters. The van der Waals surface area contributed by atoms with E-state index in [1.54, 1.807) is 6.21 Å². The Kier molecular flexibility index (Phi) is 9.64. The third kappa shape index (κ3) is 9.14. The summed E-state index contributed by atoms with van der Waals surface area (Å²) in [5.41, 5.74) is 7.36. The molecule has 2 N–H and O–H groups in total. The number of alkyl halides is 2. The van der Waals surface area contributed by atoms with Crippen molar-refractivity contribution >= 4 is 17.8 Å². The lowest BCUT2D eigenvalue weighted by atomic mass is 10.1. The van der Waals surface area contributed by atoms with E-state index >= 15 is 0 Å². The average Bonchev–Trinajstić information content (AvgIpc) is 2.56. The molecule has 1 aliphatic rings. The zero-order valence-corrected chi connectivity index (χ0v) is 17.9. The molecule has 0 aromatic heterocycles. The van der Waals surface area contributed by atoms with Crippen molar-refractivity contribution in [2.45, 2.75) is 51.6 Å². The number of halogens is 2. The lowest BCUT2D eigenvalue weighted by Crippen LogP contribution is -2.29. The Morgan fingerprint density at radius 1 is 1.48 bits per heavy atom. The van der Waals surface area contributed by atoms with Crippen LogP contribution in [0.15, 0.2) is 52.0 Å². The first-order valence-corrected chi connectivity index (χ1v) is 9.80. The highest BCUT2D eigenvalue weighted by atomic mass is 35.5. The molecule has 0 saturated carbocycles. The fourth-order valence-electron chi connectivity index (χ4n) is 2.40. The van der Waals surface area contributed by atoms with Crippen molar-refractivity contribution < 1.29 is 9.13 Å². The maximum absolute atomic E-state index is 13.6. The molecule has 4 nitrogen and oxygen atoms in total. The Morgan fingerprint density at radius 2 is 2.19 bits per heavy atom. The number of hydrogen-bond donors (Lipinski definition) is 1. The van der Waals surface area contributed by atoms with E-state index in [1.165, 1.54) is 13.8 Å². The van der Waals surface area contributed by atoms with Crippen LogP contribution in [0.2, 0.25) is 0 Å². The first-order chi connectivity index (χ1) is 12.6. The number of ether oxygens (including phenoxy) is 1. The number of aliphatic imine (C=N–C) groups is 1. The van der Waals surface area contributed by atoms with Crippen LogP contribution in [-0.2, 0) is 4.74 Å². The van der Waals surface area contributed by atoms with E-state index in [1.807, 2.05) is 43.2 Å². The van der Waals surface area contributed by atoms with Crippen LogP contribution in [0.25, 0.3) is 0 Å². The second-order valence-electron chi connectivity index (χ2n) is 7.38. The molecule has 1 heterocycles. The largest absolute Gasteiger partial charge is 0.476 e. The second-order valence-corrected chi connectivity index (χ2v) is 8.04. The third-order valence-electron chi connectivity index (χ3n) is 3.88. The maximum Gasteiger partial charge on any atom is 0.189 e. The summed E-state index contributed by atoms with van der Waals surface area (Å²) in [6.07, 6.45) is 11.6. The molecule has 0 aromatic carbocycles. The summed E-state index contributed by atoms with van der Waals surface area (Å²) >= 11 is 6.24. The molecule has 0 aromatic rings. The highest BCUT2D eigenvalue weighted by Gasteiger charge is 2.19. The van der Waals surface area contributed by atoms with Crippen molar-refractivity contribution in [2.75, 3.05) is 26.7 Å². The van der Waals surface area contributed by atoms with Gasteiger partial charge in [0.2, 0.25) is 0 Å². The van der Waals surface area contributed by atoms with Crippen molar-refractivity contribution in [3.63, 3.8) is 0 Å². The van der Waals surface area contributed by atoms with E-state index in [-0.39, 0.29) is 12.0 Å². The van der Waals surface area contributed by atoms with E-state index in [0.29, 0.717) is 24.7 Å². The normalized spacial score (nSPS) is 17.8. The standard InChI is InChI=1S/C21H33ClFN3O/c1-6-7-8-9-19(24)18(16(2)22)13-25-12-17-10-11-20(26(5)14-17)27-15-21(3,4)23/h8-11,13,16H,6-7,12,14-15,24H2,1-5H3/b9-8-,19-18?,25-13?. The molecule has 0 bridgehead atoms. The Bertz CT molecular complexity index is 628. The maximum atomic E-state index is 13.6. The van der Waals surface area contributed by atoms with Crippen molar-refractivity contribution in [2.24, 2.45) is 10.7 Å². The van der Waals surface area contributed by atoms with Gasteiger partial charge in [0.15, 0.2) is 5.88 Å². The zero-order valence-electron chi connectivity index (χ0n) is 17.1. The van der Waals surface area contributed by atoms with Gasteiger partial charge in [-0.2, -0.15) is 0 Å². The minimum Gasteiger partial charge on any atom is -0.476 e. The highest BCUT2D eigenvalue weighted by Crippen LogP contribution is 2.18. The van der Waals surface area contributed by atoms with E-state index < -0.39 is 5.67 Å². The molecule has 1 aliphatic heterocycles. The van der Waals surface area contributed by atoms with Gasteiger partial charge in [0.1, 0.15) is 12.3 Å². The van der Waals surface area contributed by atoms with Crippen LogP contribution in [0.3, 0.4) is 0 Å². The van der Waals surface area contributed by atoms with E-state index in [2.05, 4.69) is 11.9 Å². The fourth-order valence-corrected chi connectivity index (χ4v) is 2.58. The Balaban J connectivity index is 2.74. The van der Waals surface area contributed by atoms with Crippen LogP contribution < -0.4 is 5.73 Å². The summed E-state index contributed by atoms with van der Waals surface area (Å²) in [4.78, 5) is 6.45. The first-order valence-electron chi connectivity index (χ1n) is 9.36. The van der Waals surface area contributed by atoms with Gasteiger partial charge in [-0.1, -0.05) is 25.5 Å². The van der Waals surface area contributed by atoms with Crippen LogP contribution in [0.5, 0.6) is 0 Å². The van der Waals surface area contributed by atoms with E-state index in [4.69, 9.17) is 22.1 Å². The first kappa shape index (κ1) is 23.3. The number of nitrogens with two attached hydrogens (primary N) is 1. The Hall–Kier alpha value is -1.75. The predicted octanol–water partition coefficient (Wildman–Crippen LogP) is 4.73. The van der Waals surface area contributed by atoms with Crippen molar-refractivity contribution in [3.05, 3.63) is 47.0 Å². The molecule has 0 amide bonds. The van der Waals surface area contributed by atoms with Gasteiger partial charge in [-0.05, 0) is 44.9 Å². The summed E-state index contributed by atoms with van der Waals surface area (Å²) in [5, 5.41) is -0.216. The van der Waals surface area contributed by atoms with Gasteiger partial charge >= 0.3 is 0 Å². The molecule has 0 spiro atoms. The number of unbranched alkanes of at least 4 members (excludes halogenated alkanes) is 1. The van der Waals surface area contributed by atoms with Gasteiger partial charge in [0.05, 0.1) is 11.9 Å². The van der Waals surface area contributed by atoms with Crippen LogP contribution >= 0.6 is 11.6 Å². The molecule has 0 fully saturated rings. The second kappa shape index (κ2) is 11.2. The van der Waals surface area contributed by atoms with Gasteiger partial charge < -0.3 is 15.4 Å². The lowest BCUT2D eigenvalue weighted by Gasteiger charge is -2.28. The topological polar surface area (TPSA) is 50.9 Å². The van der Waals surface area contributed by atoms with E-state index in [0.717, 1.165) is 24.0 Å². The van der Waals surface area contributed by atoms with Crippen molar-refractivity contribution in [1.29, 1.82) is 0 Å². The van der Waals surface area contributed by atoms with Crippen LogP contribution in [0, 0.1) is 0 Å². The van der Waals surface area contributed by atoms with Crippen LogP contribution in [0.4, 0.5) is 4.39 Å². The summed E-state index contributed by atoms with van der Waals surface area (Å²) in [7, 11) is 1.91. The molecular weight excluding hydrogens is 365 g/mol. The van der Waals surface area contributed by atoms with Gasteiger partial charge in [0, 0.05) is 31.1 Å². The SMILES string of the molecule is CCC/C=C\C(N)=C(C=NCC1=CC=C(OCC(C)(C)F)N(C)C1)C(C)Cl. The minimum atomic E-state index is -1.36. The molecule has 0 saturated heterocycles. The highest BCUT2D eigenvalue weighted by molar-refractivity contribution is 6.24. The van der Waals surface area contributed by atoms with Gasteiger partial charge in [-0.15, -0.1) is 11.6 Å². The summed E-state index contributed by atoms with van der Waals surface area (Å²) in [6, 6.07) is 0. The number of rotatable bonds is 10. The van der Waals surface area contributed by atoms with Crippen LogP contribution in [-0.4, -0.2) is 48.9 Å². The van der Waals surface area contributed by atoms with Gasteiger partial charge in [-0.3, -0.25) is 4.99 Å². The Labute approximate surface area is 168 Å². The van der Waals surface area contributed by atoms with E-state index in [9.17, 15) is 4.39 Å². The molecule has 0 aliphatic carbocycles. The average molecular weight is 398 g/mol. The summed E-state index contributed by atoms with van der Waals surface area (Å²) in [6.45, 7) is 8.25. The summed E-state index contributed by atoms with van der Waals surface area (Å²) in [5.74, 6) is 0.661. The molecule has 6 heteroatoms. The number of nitrogens with zero attached hydrogens (tertiary/aromatic N) is 2. The zero-order chi connectivity index (χ0) is 20.4. The Morgan fingerprint density at radius 3 is 2.74 bits per heavy atom. The molecule has 1 rings (SSSR count). The fraction of sp³-hybridized carbons (Fsp3) is 0.571. The van der Waals surface area contributed by atoms with Gasteiger partial charge in [-0.25, -0.2) is 4.39 Å². The quantitative estimate of drug-likeness (QED) is 0.329. The number of allylic oxidation sites excluding steroid dienone is 5. The van der Waals surface area contributed by atoms with Gasteiger partial charge in [0.25, 0.3) is 0 Å². The molecular formula is C21H33ClFN3O. The number of likely N-dealkylation sites (N-methyl/N-ethyl adjacent to an activating group) is 1. The molecule has 27 heavy (non-hydrogen) atoms. The molecule has 152 valence electrons. The summed E-state index contributed by atoms with van der Waals surface area (Å²) < 4.78 is 19.1. The van der Waals surface area contributed by atoms with Crippen LogP contribution in [0.1, 0.15) is 40.5 Å². The van der Waals surface area contributed by atoms with Crippen molar-refractivity contribution in [1.82, 2.24) is 4.90 Å². The minimum absolute atomic E-state index is 0.0249. The predicted molar refractivity (Wildman–Crippen MR) is 114 cm³/mol. The third-order valence-corrected chi connectivity index (χ3v) is 4.12. The molecule has 1 unspecified atom stereocenters. The van der Waals surface area contributed by atoms with Crippen molar-refractivity contribution in [3.8, 4) is 0 Å². The number of hydrogen-bond acceptors (Lipinski definition) is 4. The molecule has 0 radical (unpaired) electrons.